The van der Waals surface area contributed by atoms with Crippen LogP contribution in [0.1, 0.15) is 21.6 Å². The van der Waals surface area contributed by atoms with Gasteiger partial charge in [0.25, 0.3) is 11.1 Å². The van der Waals surface area contributed by atoms with Crippen molar-refractivity contribution in [1.82, 2.24) is 19.2 Å². The Morgan fingerprint density at radius 1 is 1.13 bits per heavy atom. The van der Waals surface area contributed by atoms with Gasteiger partial charge in [0, 0.05) is 12.3 Å². The molecule has 0 aliphatic carbocycles. The third-order valence-corrected chi connectivity index (χ3v) is 5.20. The second-order valence-electron chi connectivity index (χ2n) is 6.63. The predicted molar refractivity (Wildman–Crippen MR) is 115 cm³/mol. The molecule has 0 aliphatic rings. The zero-order valence-electron chi connectivity index (χ0n) is 16.1. The number of hydrogen-bond donors (Lipinski definition) is 0. The van der Waals surface area contributed by atoms with E-state index in [1.54, 1.807) is 30.5 Å². The Bertz CT molecular complexity index is 1450. The fourth-order valence-corrected chi connectivity index (χ4v) is 3.21. The van der Waals surface area contributed by atoms with E-state index in [9.17, 15) is 14.4 Å². The van der Waals surface area contributed by atoms with E-state index in [1.165, 1.54) is 28.8 Å². The maximum atomic E-state index is 12.7. The molecule has 0 N–H and O–H groups in total. The smallest absolute Gasteiger partial charge is 0.340 e. The van der Waals surface area contributed by atoms with Crippen molar-refractivity contribution >= 4 is 34.8 Å². The van der Waals surface area contributed by atoms with Gasteiger partial charge < -0.3 is 4.74 Å². The number of carbonyl (C=O) groups is 1. The molecule has 1 aromatic carbocycles. The van der Waals surface area contributed by atoms with Crippen molar-refractivity contribution in [2.24, 2.45) is 0 Å². The highest BCUT2D eigenvalue weighted by atomic mass is 35.5. The Morgan fingerprint density at radius 3 is 2.71 bits per heavy atom. The van der Waals surface area contributed by atoms with Crippen LogP contribution in [-0.2, 0) is 11.3 Å². The number of benzene rings is 1. The average Bonchev–Trinajstić information content (AvgIpc) is 2.76. The molecule has 3 heterocycles. The Labute approximate surface area is 185 Å². The first-order valence-electron chi connectivity index (χ1n) is 9.04. The minimum absolute atomic E-state index is 0.00637. The van der Waals surface area contributed by atoms with Crippen molar-refractivity contribution in [3.8, 4) is 5.69 Å². The lowest BCUT2D eigenvalue weighted by atomic mass is 10.2. The zero-order valence-corrected chi connectivity index (χ0v) is 17.6. The summed E-state index contributed by atoms with van der Waals surface area (Å²) in [4.78, 5) is 41.8. The summed E-state index contributed by atoms with van der Waals surface area (Å²) in [5.74, 6) is -0.721. The number of carbonyl (C=O) groups excluding carboxylic acids is 1. The molecular weight excluding hydrogens is 443 g/mol. The molecule has 0 radical (unpaired) electrons. The summed E-state index contributed by atoms with van der Waals surface area (Å²) in [7, 11) is 0. The zero-order chi connectivity index (χ0) is 22.1. The standard InChI is InChI=1S/C21H14Cl2N4O4/c1-12-6-7-26-17(8-12)25-13(9-18(26)28)11-31-21(30)14-4-2-3-5-16(14)27-20(29)19(23)15(22)10-24-27/h2-10H,11H2,1H3. The number of rotatable bonds is 4. The Morgan fingerprint density at radius 2 is 1.90 bits per heavy atom. The van der Waals surface area contributed by atoms with Crippen LogP contribution in [0.3, 0.4) is 0 Å². The van der Waals surface area contributed by atoms with Crippen molar-refractivity contribution in [1.29, 1.82) is 0 Å². The van der Waals surface area contributed by atoms with Gasteiger partial charge in [-0.15, -0.1) is 0 Å². The molecular formula is C21H14Cl2N4O4. The van der Waals surface area contributed by atoms with Crippen LogP contribution >= 0.6 is 23.2 Å². The molecule has 0 atom stereocenters. The van der Waals surface area contributed by atoms with Crippen LogP contribution in [0.25, 0.3) is 11.3 Å². The lowest BCUT2D eigenvalue weighted by molar-refractivity contribution is 0.0467. The first kappa shape index (κ1) is 20.8. The molecule has 4 aromatic rings. The summed E-state index contributed by atoms with van der Waals surface area (Å²) in [6.45, 7) is 1.66. The summed E-state index contributed by atoms with van der Waals surface area (Å²) >= 11 is 11.7. The third-order valence-electron chi connectivity index (χ3n) is 4.46. The second-order valence-corrected chi connectivity index (χ2v) is 7.42. The number of aryl methyl sites for hydroxylation is 1. The summed E-state index contributed by atoms with van der Waals surface area (Å²) in [5, 5.41) is 3.74. The quantitative estimate of drug-likeness (QED) is 0.437. The van der Waals surface area contributed by atoms with Gasteiger partial charge in [-0.3, -0.25) is 14.0 Å². The summed E-state index contributed by atoms with van der Waals surface area (Å²) in [6.07, 6.45) is 2.84. The van der Waals surface area contributed by atoms with Gasteiger partial charge in [-0.2, -0.15) is 9.78 Å². The molecule has 0 fully saturated rings. The number of pyridine rings is 1. The highest BCUT2D eigenvalue weighted by molar-refractivity contribution is 6.41. The third kappa shape index (κ3) is 4.08. The maximum Gasteiger partial charge on any atom is 0.340 e. The van der Waals surface area contributed by atoms with E-state index in [0.717, 1.165) is 10.2 Å². The van der Waals surface area contributed by atoms with Gasteiger partial charge in [0.1, 0.15) is 17.3 Å². The largest absolute Gasteiger partial charge is 0.456 e. The van der Waals surface area contributed by atoms with Gasteiger partial charge in [0.2, 0.25) is 0 Å². The van der Waals surface area contributed by atoms with E-state index in [0.29, 0.717) is 11.3 Å². The molecule has 156 valence electrons. The number of esters is 1. The lowest BCUT2D eigenvalue weighted by Gasteiger charge is -2.11. The van der Waals surface area contributed by atoms with Crippen molar-refractivity contribution < 1.29 is 9.53 Å². The average molecular weight is 457 g/mol. The molecule has 8 nitrogen and oxygen atoms in total. The van der Waals surface area contributed by atoms with Crippen LogP contribution in [0.4, 0.5) is 0 Å². The molecule has 3 aromatic heterocycles. The van der Waals surface area contributed by atoms with Crippen molar-refractivity contribution in [2.75, 3.05) is 0 Å². The predicted octanol–water partition coefficient (Wildman–Crippen LogP) is 3.21. The fraction of sp³-hybridized carbons (Fsp3) is 0.0952. The van der Waals surface area contributed by atoms with Crippen molar-refractivity contribution in [2.45, 2.75) is 13.5 Å². The first-order chi connectivity index (χ1) is 14.8. The Balaban J connectivity index is 1.64. The van der Waals surface area contributed by atoms with Crippen LogP contribution in [0.5, 0.6) is 0 Å². The minimum Gasteiger partial charge on any atom is -0.456 e. The van der Waals surface area contributed by atoms with Gasteiger partial charge in [-0.05, 0) is 36.8 Å². The maximum absolute atomic E-state index is 12.7. The summed E-state index contributed by atoms with van der Waals surface area (Å²) in [5.41, 5.74) is 0.991. The number of para-hydroxylation sites is 1. The van der Waals surface area contributed by atoms with E-state index >= 15 is 0 Å². The first-order valence-corrected chi connectivity index (χ1v) is 9.79. The normalized spacial score (nSPS) is 10.9. The minimum atomic E-state index is -0.721. The highest BCUT2D eigenvalue weighted by Crippen LogP contribution is 2.19. The molecule has 0 saturated heterocycles. The van der Waals surface area contributed by atoms with Gasteiger partial charge in [-0.1, -0.05) is 35.3 Å². The SMILES string of the molecule is Cc1ccn2c(=O)cc(COC(=O)c3ccccc3-n3ncc(Cl)c(Cl)c3=O)nc2c1. The molecule has 4 rings (SSSR count). The molecule has 0 unspecified atom stereocenters. The Hall–Kier alpha value is -3.49. The number of fused-ring (bicyclic) bond motifs is 1. The number of hydrogen-bond acceptors (Lipinski definition) is 6. The lowest BCUT2D eigenvalue weighted by Crippen LogP contribution is -2.24. The molecule has 31 heavy (non-hydrogen) atoms. The van der Waals surface area contributed by atoms with Crippen LogP contribution < -0.4 is 11.1 Å². The van der Waals surface area contributed by atoms with Gasteiger partial charge in [-0.25, -0.2) is 9.78 Å². The van der Waals surface area contributed by atoms with E-state index in [1.807, 2.05) is 6.92 Å². The van der Waals surface area contributed by atoms with E-state index in [2.05, 4.69) is 10.1 Å². The molecule has 0 aliphatic heterocycles. The van der Waals surface area contributed by atoms with Gasteiger partial charge in [0.05, 0.1) is 28.2 Å². The van der Waals surface area contributed by atoms with E-state index in [4.69, 9.17) is 27.9 Å². The monoisotopic (exact) mass is 456 g/mol. The number of ether oxygens (including phenoxy) is 1. The second kappa shape index (κ2) is 8.33. The number of aromatic nitrogens is 4. The van der Waals surface area contributed by atoms with Crippen molar-refractivity contribution in [3.05, 3.63) is 102 Å². The van der Waals surface area contributed by atoms with Gasteiger partial charge >= 0.3 is 5.97 Å². The topological polar surface area (TPSA) is 95.6 Å². The van der Waals surface area contributed by atoms with Crippen LogP contribution in [0.15, 0.2) is 64.4 Å². The summed E-state index contributed by atoms with van der Waals surface area (Å²) in [6, 6.07) is 11.1. The van der Waals surface area contributed by atoms with Gasteiger partial charge in [0.15, 0.2) is 0 Å². The Kier molecular flexibility index (Phi) is 5.58. The van der Waals surface area contributed by atoms with Crippen LogP contribution in [0.2, 0.25) is 10.0 Å². The fourth-order valence-electron chi connectivity index (χ4n) is 2.96. The van der Waals surface area contributed by atoms with E-state index < -0.39 is 11.5 Å². The van der Waals surface area contributed by atoms with Crippen LogP contribution in [-0.4, -0.2) is 25.1 Å². The molecule has 0 bridgehead atoms. The molecule has 0 amide bonds. The highest BCUT2D eigenvalue weighted by Gasteiger charge is 2.18. The molecule has 10 heteroatoms. The molecule has 0 saturated carbocycles. The number of nitrogens with zero attached hydrogens (tertiary/aromatic N) is 4. The van der Waals surface area contributed by atoms with E-state index in [-0.39, 0.29) is 33.5 Å². The van der Waals surface area contributed by atoms with Crippen molar-refractivity contribution in [3.63, 3.8) is 0 Å². The summed E-state index contributed by atoms with van der Waals surface area (Å²) < 4.78 is 7.72. The van der Waals surface area contributed by atoms with Crippen LogP contribution in [0, 0.1) is 6.92 Å². The molecule has 0 spiro atoms. The number of halogens is 2.